The summed E-state index contributed by atoms with van der Waals surface area (Å²) < 4.78 is 18.2. The molecular weight excluding hydrogens is 394 g/mol. The van der Waals surface area contributed by atoms with E-state index >= 15 is 0 Å². The van der Waals surface area contributed by atoms with Gasteiger partial charge in [0, 0.05) is 55.1 Å². The molecule has 0 spiro atoms. The van der Waals surface area contributed by atoms with Crippen LogP contribution in [0.4, 0.5) is 5.82 Å². The molecule has 1 saturated heterocycles. The Morgan fingerprint density at radius 1 is 1.06 bits per heavy atom. The van der Waals surface area contributed by atoms with Crippen molar-refractivity contribution >= 4 is 11.5 Å². The Labute approximate surface area is 183 Å². The van der Waals surface area contributed by atoms with Crippen LogP contribution in [0.5, 0.6) is 11.5 Å². The zero-order valence-corrected chi connectivity index (χ0v) is 18.8. The number of hydrogen-bond acceptors (Lipinski definition) is 7. The number of hydrogen-bond donors (Lipinski definition) is 1. The fourth-order valence-electron chi connectivity index (χ4n) is 4.01. The molecule has 166 valence electrons. The number of morpholine rings is 1. The first kappa shape index (κ1) is 21.4. The molecule has 1 fully saturated rings. The predicted molar refractivity (Wildman–Crippen MR) is 121 cm³/mol. The molecule has 3 heterocycles. The van der Waals surface area contributed by atoms with Crippen molar-refractivity contribution in [2.45, 2.75) is 20.3 Å². The van der Waals surface area contributed by atoms with Crippen molar-refractivity contribution in [2.75, 3.05) is 58.9 Å². The van der Waals surface area contributed by atoms with Gasteiger partial charge in [-0.2, -0.15) is 9.61 Å². The van der Waals surface area contributed by atoms with Crippen LogP contribution in [0.3, 0.4) is 0 Å². The third kappa shape index (κ3) is 4.60. The predicted octanol–water partition coefficient (Wildman–Crippen LogP) is 3.03. The molecule has 8 heteroatoms. The van der Waals surface area contributed by atoms with Gasteiger partial charge in [-0.25, -0.2) is 4.98 Å². The number of rotatable bonds is 8. The van der Waals surface area contributed by atoms with E-state index < -0.39 is 0 Å². The standard InChI is InChI=1S/C23H31N5O3/c1-5-20-16(2)25-22-15-21(17-12-18(29-3)14-19(13-17)30-4)26-28(22)23(20)24-6-7-27-8-10-31-11-9-27/h12-15,24H,5-11H2,1-4H3. The van der Waals surface area contributed by atoms with Gasteiger partial charge in [0.1, 0.15) is 17.3 Å². The summed E-state index contributed by atoms with van der Waals surface area (Å²) in [6.45, 7) is 9.61. The van der Waals surface area contributed by atoms with Crippen LogP contribution >= 0.6 is 0 Å². The molecular formula is C23H31N5O3. The van der Waals surface area contributed by atoms with Crippen LogP contribution in [0, 0.1) is 6.92 Å². The fraction of sp³-hybridized carbons (Fsp3) is 0.478. The Morgan fingerprint density at radius 3 is 2.42 bits per heavy atom. The van der Waals surface area contributed by atoms with Crippen molar-refractivity contribution in [2.24, 2.45) is 0 Å². The summed E-state index contributed by atoms with van der Waals surface area (Å²) in [4.78, 5) is 7.23. The van der Waals surface area contributed by atoms with E-state index in [9.17, 15) is 0 Å². The number of aromatic nitrogens is 3. The zero-order valence-electron chi connectivity index (χ0n) is 18.8. The molecule has 0 radical (unpaired) electrons. The van der Waals surface area contributed by atoms with E-state index in [4.69, 9.17) is 24.3 Å². The Kier molecular flexibility index (Phi) is 6.58. The smallest absolute Gasteiger partial charge is 0.158 e. The lowest BCUT2D eigenvalue weighted by Gasteiger charge is -2.27. The summed E-state index contributed by atoms with van der Waals surface area (Å²) in [5.74, 6) is 2.47. The molecule has 8 nitrogen and oxygen atoms in total. The number of benzene rings is 1. The highest BCUT2D eigenvalue weighted by Gasteiger charge is 2.17. The molecule has 31 heavy (non-hydrogen) atoms. The summed E-state index contributed by atoms with van der Waals surface area (Å²) in [5.41, 5.74) is 4.79. The molecule has 4 rings (SSSR count). The van der Waals surface area contributed by atoms with Crippen LogP contribution in [-0.4, -0.2) is 73.1 Å². The first-order valence-electron chi connectivity index (χ1n) is 10.8. The van der Waals surface area contributed by atoms with Crippen LogP contribution in [0.1, 0.15) is 18.2 Å². The molecule has 1 aromatic carbocycles. The maximum absolute atomic E-state index is 5.45. The van der Waals surface area contributed by atoms with Gasteiger partial charge in [0.15, 0.2) is 5.65 Å². The lowest BCUT2D eigenvalue weighted by Crippen LogP contribution is -2.39. The highest BCUT2D eigenvalue weighted by atomic mass is 16.5. The monoisotopic (exact) mass is 425 g/mol. The second kappa shape index (κ2) is 9.53. The molecule has 1 aliphatic heterocycles. The summed E-state index contributed by atoms with van der Waals surface area (Å²) in [5, 5.41) is 8.53. The minimum atomic E-state index is 0.730. The third-order valence-corrected chi connectivity index (χ3v) is 5.73. The van der Waals surface area contributed by atoms with Crippen molar-refractivity contribution in [3.8, 4) is 22.8 Å². The number of aryl methyl sites for hydroxylation is 1. The maximum Gasteiger partial charge on any atom is 0.158 e. The zero-order chi connectivity index (χ0) is 21.8. The maximum atomic E-state index is 5.45. The van der Waals surface area contributed by atoms with E-state index in [1.807, 2.05) is 28.8 Å². The Hall–Kier alpha value is -2.84. The van der Waals surface area contributed by atoms with Crippen LogP contribution in [-0.2, 0) is 11.2 Å². The first-order valence-corrected chi connectivity index (χ1v) is 10.8. The summed E-state index contributed by atoms with van der Waals surface area (Å²) in [6, 6.07) is 7.79. The number of fused-ring (bicyclic) bond motifs is 1. The Balaban J connectivity index is 1.67. The average molecular weight is 426 g/mol. The summed E-state index contributed by atoms with van der Waals surface area (Å²) in [6.07, 6.45) is 0.886. The van der Waals surface area contributed by atoms with E-state index in [1.165, 1.54) is 5.56 Å². The quantitative estimate of drug-likeness (QED) is 0.595. The Bertz CT molecular complexity index is 1020. The van der Waals surface area contributed by atoms with Gasteiger partial charge in [-0.05, 0) is 25.5 Å². The lowest BCUT2D eigenvalue weighted by molar-refractivity contribution is 0.0398. The second-order valence-corrected chi connectivity index (χ2v) is 7.66. The fourth-order valence-corrected chi connectivity index (χ4v) is 4.01. The van der Waals surface area contributed by atoms with Gasteiger partial charge in [-0.15, -0.1) is 0 Å². The normalized spacial score (nSPS) is 14.7. The highest BCUT2D eigenvalue weighted by molar-refractivity contribution is 5.69. The van der Waals surface area contributed by atoms with Crippen molar-refractivity contribution in [1.29, 1.82) is 0 Å². The van der Waals surface area contributed by atoms with Gasteiger partial charge < -0.3 is 19.5 Å². The van der Waals surface area contributed by atoms with Crippen LogP contribution in [0.2, 0.25) is 0 Å². The molecule has 0 bridgehead atoms. The van der Waals surface area contributed by atoms with E-state index in [0.717, 1.165) is 85.7 Å². The SMILES string of the molecule is CCc1c(C)nc2cc(-c3cc(OC)cc(OC)c3)nn2c1NCCN1CCOCC1. The first-order chi connectivity index (χ1) is 15.1. The van der Waals surface area contributed by atoms with Crippen molar-refractivity contribution < 1.29 is 14.2 Å². The minimum absolute atomic E-state index is 0.730. The van der Waals surface area contributed by atoms with Gasteiger partial charge in [0.05, 0.1) is 33.1 Å². The number of anilines is 1. The molecule has 0 aliphatic carbocycles. The van der Waals surface area contributed by atoms with Gasteiger partial charge in [0.25, 0.3) is 0 Å². The topological polar surface area (TPSA) is 73.2 Å². The number of methoxy groups -OCH3 is 2. The highest BCUT2D eigenvalue weighted by Crippen LogP contribution is 2.31. The molecule has 1 N–H and O–H groups in total. The van der Waals surface area contributed by atoms with Crippen LogP contribution in [0.15, 0.2) is 24.3 Å². The van der Waals surface area contributed by atoms with E-state index in [0.29, 0.717) is 0 Å². The number of nitrogens with zero attached hydrogens (tertiary/aromatic N) is 4. The van der Waals surface area contributed by atoms with Crippen molar-refractivity contribution in [1.82, 2.24) is 19.5 Å². The van der Waals surface area contributed by atoms with Crippen LogP contribution < -0.4 is 14.8 Å². The molecule has 1 aliphatic rings. The van der Waals surface area contributed by atoms with E-state index in [-0.39, 0.29) is 0 Å². The number of ether oxygens (including phenoxy) is 3. The summed E-state index contributed by atoms with van der Waals surface area (Å²) in [7, 11) is 3.30. The van der Waals surface area contributed by atoms with Crippen molar-refractivity contribution in [3.63, 3.8) is 0 Å². The van der Waals surface area contributed by atoms with Crippen molar-refractivity contribution in [3.05, 3.63) is 35.5 Å². The van der Waals surface area contributed by atoms with Gasteiger partial charge in [-0.3, -0.25) is 4.90 Å². The molecule has 2 aromatic heterocycles. The third-order valence-electron chi connectivity index (χ3n) is 5.73. The van der Waals surface area contributed by atoms with Gasteiger partial charge in [-0.1, -0.05) is 6.92 Å². The molecule has 0 atom stereocenters. The average Bonchev–Trinajstić information content (AvgIpc) is 3.23. The largest absolute Gasteiger partial charge is 0.497 e. The molecule has 0 amide bonds. The molecule has 3 aromatic rings. The van der Waals surface area contributed by atoms with E-state index in [2.05, 4.69) is 24.1 Å². The van der Waals surface area contributed by atoms with Gasteiger partial charge >= 0.3 is 0 Å². The molecule has 0 unspecified atom stereocenters. The number of nitrogens with one attached hydrogen (secondary N) is 1. The lowest BCUT2D eigenvalue weighted by atomic mass is 10.1. The van der Waals surface area contributed by atoms with Crippen LogP contribution in [0.25, 0.3) is 16.9 Å². The molecule has 0 saturated carbocycles. The van der Waals surface area contributed by atoms with Gasteiger partial charge in [0.2, 0.25) is 0 Å². The second-order valence-electron chi connectivity index (χ2n) is 7.66. The Morgan fingerprint density at radius 2 is 1.77 bits per heavy atom. The summed E-state index contributed by atoms with van der Waals surface area (Å²) >= 11 is 0. The minimum Gasteiger partial charge on any atom is -0.497 e. The van der Waals surface area contributed by atoms with E-state index in [1.54, 1.807) is 14.2 Å².